The van der Waals surface area contributed by atoms with E-state index in [1.807, 2.05) is 38.1 Å². The van der Waals surface area contributed by atoms with Crippen LogP contribution in [0.3, 0.4) is 0 Å². The molecule has 142 valence electrons. The van der Waals surface area contributed by atoms with E-state index >= 15 is 0 Å². The van der Waals surface area contributed by atoms with Crippen molar-refractivity contribution < 1.29 is 14.0 Å². The number of halogens is 1. The first kappa shape index (κ1) is 19.3. The van der Waals surface area contributed by atoms with E-state index in [1.165, 1.54) is 24.3 Å². The van der Waals surface area contributed by atoms with Crippen LogP contribution >= 0.6 is 0 Å². The molecule has 0 heterocycles. The van der Waals surface area contributed by atoms with Crippen molar-refractivity contribution in [2.75, 3.05) is 0 Å². The van der Waals surface area contributed by atoms with Crippen molar-refractivity contribution in [1.82, 2.24) is 10.6 Å². The minimum Gasteiger partial charge on any atom is -0.328 e. The third kappa shape index (κ3) is 4.43. The molecule has 0 aromatic heterocycles. The van der Waals surface area contributed by atoms with E-state index in [1.54, 1.807) is 24.3 Å². The third-order valence-electron chi connectivity index (χ3n) is 4.53. The van der Waals surface area contributed by atoms with E-state index in [2.05, 4.69) is 10.6 Å². The van der Waals surface area contributed by atoms with Gasteiger partial charge in [0, 0.05) is 11.1 Å². The quantitative estimate of drug-likeness (QED) is 0.652. The fraction of sp³-hybridized carbons (Fsp3) is 0.130. The predicted molar refractivity (Wildman–Crippen MR) is 106 cm³/mol. The number of hydrogen-bond donors (Lipinski definition) is 2. The number of carbonyl (C=O) groups is 2. The maximum Gasteiger partial charge on any atom is 0.253 e. The fourth-order valence-corrected chi connectivity index (χ4v) is 2.93. The van der Waals surface area contributed by atoms with Gasteiger partial charge in [0.05, 0.1) is 0 Å². The molecular weight excluding hydrogens is 355 g/mol. The molecule has 0 atom stereocenters. The van der Waals surface area contributed by atoms with Crippen LogP contribution in [0.2, 0.25) is 0 Å². The van der Waals surface area contributed by atoms with Crippen LogP contribution in [0, 0.1) is 19.7 Å². The van der Waals surface area contributed by atoms with Gasteiger partial charge in [-0.15, -0.1) is 0 Å². The van der Waals surface area contributed by atoms with Crippen molar-refractivity contribution in [2.24, 2.45) is 0 Å². The van der Waals surface area contributed by atoms with E-state index in [-0.39, 0.29) is 11.8 Å². The second kappa shape index (κ2) is 8.48. The molecule has 0 radical (unpaired) electrons. The molecule has 28 heavy (non-hydrogen) atoms. The summed E-state index contributed by atoms with van der Waals surface area (Å²) in [6.07, 6.45) is -0.806. The summed E-state index contributed by atoms with van der Waals surface area (Å²) in [5.41, 5.74) is 3.25. The summed E-state index contributed by atoms with van der Waals surface area (Å²) >= 11 is 0. The summed E-state index contributed by atoms with van der Waals surface area (Å²) in [6, 6.07) is 20.0. The molecule has 2 N–H and O–H groups in total. The number of amides is 2. The van der Waals surface area contributed by atoms with Crippen LogP contribution < -0.4 is 10.6 Å². The lowest BCUT2D eigenvalue weighted by molar-refractivity contribution is 0.0883. The summed E-state index contributed by atoms with van der Waals surface area (Å²) in [7, 11) is 0. The van der Waals surface area contributed by atoms with Crippen molar-refractivity contribution in [2.45, 2.75) is 20.0 Å². The summed E-state index contributed by atoms with van der Waals surface area (Å²) in [5.74, 6) is -1.03. The monoisotopic (exact) mass is 376 g/mol. The van der Waals surface area contributed by atoms with Gasteiger partial charge in [0.1, 0.15) is 12.0 Å². The van der Waals surface area contributed by atoms with Crippen LogP contribution in [0.4, 0.5) is 4.39 Å². The predicted octanol–water partition coefficient (Wildman–Crippen LogP) is 4.30. The maximum absolute atomic E-state index is 13.3. The van der Waals surface area contributed by atoms with Crippen LogP contribution in [0.15, 0.2) is 72.8 Å². The van der Waals surface area contributed by atoms with Gasteiger partial charge in [-0.05, 0) is 54.8 Å². The van der Waals surface area contributed by atoms with E-state index < -0.39 is 12.0 Å². The van der Waals surface area contributed by atoms with Crippen LogP contribution in [-0.4, -0.2) is 11.8 Å². The second-order valence-corrected chi connectivity index (χ2v) is 6.56. The molecule has 5 heteroatoms. The number of carbonyl (C=O) groups excluding carboxylic acids is 2. The summed E-state index contributed by atoms with van der Waals surface area (Å²) in [4.78, 5) is 25.5. The molecule has 0 aliphatic carbocycles. The molecule has 3 aromatic carbocycles. The van der Waals surface area contributed by atoms with Gasteiger partial charge >= 0.3 is 0 Å². The molecule has 2 amide bonds. The van der Waals surface area contributed by atoms with Crippen molar-refractivity contribution >= 4 is 11.8 Å². The Bertz CT molecular complexity index is 940. The molecule has 0 spiro atoms. The van der Waals surface area contributed by atoms with Crippen LogP contribution in [0.25, 0.3) is 0 Å². The molecule has 0 fully saturated rings. The van der Waals surface area contributed by atoms with E-state index in [9.17, 15) is 14.0 Å². The molecule has 0 unspecified atom stereocenters. The maximum atomic E-state index is 13.3. The molecular formula is C23H21FN2O2. The molecule has 3 aromatic rings. The summed E-state index contributed by atoms with van der Waals surface area (Å²) in [6.45, 7) is 3.68. The van der Waals surface area contributed by atoms with Crippen LogP contribution in [-0.2, 0) is 0 Å². The van der Waals surface area contributed by atoms with Gasteiger partial charge in [0.2, 0.25) is 0 Å². The van der Waals surface area contributed by atoms with Crippen molar-refractivity contribution in [3.8, 4) is 0 Å². The van der Waals surface area contributed by atoms with E-state index in [0.717, 1.165) is 11.1 Å². The standard InChI is InChI=1S/C23H21FN2O2/c1-15-7-3-5-9-19(15)22(27)25-21(17-11-13-18(24)14-12-17)26-23(28)20-10-6-4-8-16(20)2/h3-14,21H,1-2H3,(H,25,27)(H,26,28). The van der Waals surface area contributed by atoms with Gasteiger partial charge in [0.25, 0.3) is 11.8 Å². The Balaban J connectivity index is 1.88. The van der Waals surface area contributed by atoms with Crippen molar-refractivity contribution in [3.05, 3.63) is 106 Å². The Hall–Kier alpha value is -3.47. The highest BCUT2D eigenvalue weighted by Crippen LogP contribution is 2.16. The summed E-state index contributed by atoms with van der Waals surface area (Å²) in [5, 5.41) is 5.67. The van der Waals surface area contributed by atoms with Gasteiger partial charge in [-0.2, -0.15) is 0 Å². The first-order valence-electron chi connectivity index (χ1n) is 8.94. The Kier molecular flexibility index (Phi) is 5.84. The first-order chi connectivity index (χ1) is 13.5. The molecule has 0 saturated carbocycles. The molecule has 3 rings (SSSR count). The Morgan fingerprint density at radius 2 is 1.14 bits per heavy atom. The van der Waals surface area contributed by atoms with E-state index in [0.29, 0.717) is 16.7 Å². The average molecular weight is 376 g/mol. The SMILES string of the molecule is Cc1ccccc1C(=O)NC(NC(=O)c1ccccc1C)c1ccc(F)cc1. The highest BCUT2D eigenvalue weighted by molar-refractivity contribution is 5.98. The zero-order valence-electron chi connectivity index (χ0n) is 15.7. The number of nitrogens with one attached hydrogen (secondary N) is 2. The lowest BCUT2D eigenvalue weighted by Gasteiger charge is -2.22. The zero-order valence-corrected chi connectivity index (χ0v) is 15.7. The minimum absolute atomic E-state index is 0.322. The zero-order chi connectivity index (χ0) is 20.1. The van der Waals surface area contributed by atoms with Crippen LogP contribution in [0.5, 0.6) is 0 Å². The highest BCUT2D eigenvalue weighted by Gasteiger charge is 2.20. The Morgan fingerprint density at radius 3 is 1.57 bits per heavy atom. The van der Waals surface area contributed by atoms with Gasteiger partial charge in [-0.1, -0.05) is 48.5 Å². The molecule has 0 bridgehead atoms. The second-order valence-electron chi connectivity index (χ2n) is 6.56. The number of aryl methyl sites for hydroxylation is 2. The molecule has 4 nitrogen and oxygen atoms in total. The molecule has 0 saturated heterocycles. The van der Waals surface area contributed by atoms with Gasteiger partial charge in [0.15, 0.2) is 0 Å². The Labute approximate surface area is 163 Å². The lowest BCUT2D eigenvalue weighted by Crippen LogP contribution is -2.41. The topological polar surface area (TPSA) is 58.2 Å². The molecule has 0 aliphatic heterocycles. The first-order valence-corrected chi connectivity index (χ1v) is 8.94. The van der Waals surface area contributed by atoms with Gasteiger partial charge in [-0.25, -0.2) is 4.39 Å². The normalized spacial score (nSPS) is 10.6. The smallest absolute Gasteiger partial charge is 0.253 e. The fourth-order valence-electron chi connectivity index (χ4n) is 2.93. The number of hydrogen-bond acceptors (Lipinski definition) is 2. The van der Waals surface area contributed by atoms with Gasteiger partial charge in [-0.3, -0.25) is 9.59 Å². The largest absolute Gasteiger partial charge is 0.328 e. The highest BCUT2D eigenvalue weighted by atomic mass is 19.1. The average Bonchev–Trinajstić information content (AvgIpc) is 2.68. The van der Waals surface area contributed by atoms with Crippen LogP contribution in [0.1, 0.15) is 43.6 Å². The number of benzene rings is 3. The van der Waals surface area contributed by atoms with Crippen molar-refractivity contribution in [3.63, 3.8) is 0 Å². The minimum atomic E-state index is -0.806. The van der Waals surface area contributed by atoms with Crippen molar-refractivity contribution in [1.29, 1.82) is 0 Å². The Morgan fingerprint density at radius 1 is 0.714 bits per heavy atom. The van der Waals surface area contributed by atoms with E-state index in [4.69, 9.17) is 0 Å². The lowest BCUT2D eigenvalue weighted by atomic mass is 10.1. The third-order valence-corrected chi connectivity index (χ3v) is 4.53. The molecule has 0 aliphatic rings. The van der Waals surface area contributed by atoms with Gasteiger partial charge < -0.3 is 10.6 Å². The number of rotatable bonds is 5. The summed E-state index contributed by atoms with van der Waals surface area (Å²) < 4.78 is 13.3.